The van der Waals surface area contributed by atoms with Gasteiger partial charge in [-0.25, -0.2) is 0 Å². The van der Waals surface area contributed by atoms with E-state index in [4.69, 9.17) is 21.1 Å². The van der Waals surface area contributed by atoms with Crippen molar-refractivity contribution in [2.24, 2.45) is 5.92 Å². The summed E-state index contributed by atoms with van der Waals surface area (Å²) >= 11 is 5.74. The molecule has 0 N–H and O–H groups in total. The highest BCUT2D eigenvalue weighted by molar-refractivity contribution is 6.29. The first-order valence-electron chi connectivity index (χ1n) is 6.40. The standard InChI is InChI=1S/C15H17ClN2O2/c1-10(2)9-20-14-8-11(4-6-13(14)19-3)12-5-7-15(16)18-17-12/h4-8,10H,9H2,1-3H3. The zero-order valence-corrected chi connectivity index (χ0v) is 12.5. The van der Waals surface area contributed by atoms with Crippen molar-refractivity contribution in [2.45, 2.75) is 13.8 Å². The smallest absolute Gasteiger partial charge is 0.161 e. The van der Waals surface area contributed by atoms with Gasteiger partial charge in [-0.2, -0.15) is 0 Å². The highest BCUT2D eigenvalue weighted by atomic mass is 35.5. The number of halogens is 1. The van der Waals surface area contributed by atoms with E-state index in [-0.39, 0.29) is 0 Å². The topological polar surface area (TPSA) is 44.2 Å². The van der Waals surface area contributed by atoms with Gasteiger partial charge in [0.2, 0.25) is 0 Å². The zero-order valence-electron chi connectivity index (χ0n) is 11.8. The second-order valence-electron chi connectivity index (χ2n) is 4.81. The van der Waals surface area contributed by atoms with E-state index in [2.05, 4.69) is 24.0 Å². The summed E-state index contributed by atoms with van der Waals surface area (Å²) < 4.78 is 11.1. The Morgan fingerprint density at radius 3 is 2.50 bits per heavy atom. The van der Waals surface area contributed by atoms with Gasteiger partial charge in [0.25, 0.3) is 0 Å². The number of ether oxygens (including phenoxy) is 2. The fourth-order valence-corrected chi connectivity index (χ4v) is 1.78. The van der Waals surface area contributed by atoms with Crippen molar-refractivity contribution < 1.29 is 9.47 Å². The first-order valence-corrected chi connectivity index (χ1v) is 6.78. The molecular weight excluding hydrogens is 276 g/mol. The summed E-state index contributed by atoms with van der Waals surface area (Å²) in [6.07, 6.45) is 0. The van der Waals surface area contributed by atoms with Gasteiger partial charge in [0.1, 0.15) is 0 Å². The highest BCUT2D eigenvalue weighted by Gasteiger charge is 2.09. The number of rotatable bonds is 5. The molecule has 0 unspecified atom stereocenters. The molecule has 0 aliphatic rings. The Hall–Kier alpha value is -1.81. The van der Waals surface area contributed by atoms with Gasteiger partial charge in [0.05, 0.1) is 19.4 Å². The lowest BCUT2D eigenvalue weighted by Crippen LogP contribution is -2.05. The van der Waals surface area contributed by atoms with Crippen LogP contribution < -0.4 is 9.47 Å². The van der Waals surface area contributed by atoms with Crippen LogP contribution in [-0.4, -0.2) is 23.9 Å². The minimum Gasteiger partial charge on any atom is -0.493 e. The van der Waals surface area contributed by atoms with Crippen molar-refractivity contribution >= 4 is 11.6 Å². The van der Waals surface area contributed by atoms with Gasteiger partial charge in [-0.1, -0.05) is 25.4 Å². The lowest BCUT2D eigenvalue weighted by Gasteiger charge is -2.13. The number of nitrogens with zero attached hydrogens (tertiary/aromatic N) is 2. The van der Waals surface area contributed by atoms with Crippen molar-refractivity contribution in [3.8, 4) is 22.8 Å². The molecule has 1 heterocycles. The molecule has 0 aliphatic heterocycles. The van der Waals surface area contributed by atoms with E-state index >= 15 is 0 Å². The molecule has 1 aromatic carbocycles. The third-order valence-corrected chi connectivity index (χ3v) is 2.87. The Morgan fingerprint density at radius 2 is 1.90 bits per heavy atom. The maximum atomic E-state index is 5.78. The van der Waals surface area contributed by atoms with Gasteiger partial charge >= 0.3 is 0 Å². The van der Waals surface area contributed by atoms with Crippen LogP contribution in [0.5, 0.6) is 11.5 Å². The van der Waals surface area contributed by atoms with Crippen molar-refractivity contribution in [1.82, 2.24) is 10.2 Å². The molecule has 5 heteroatoms. The predicted octanol–water partition coefficient (Wildman–Crippen LogP) is 3.84. The number of hydrogen-bond acceptors (Lipinski definition) is 4. The van der Waals surface area contributed by atoms with Crippen LogP contribution >= 0.6 is 11.6 Å². The van der Waals surface area contributed by atoms with Crippen LogP contribution in [0.15, 0.2) is 30.3 Å². The summed E-state index contributed by atoms with van der Waals surface area (Å²) in [5.74, 6) is 1.85. The normalized spacial score (nSPS) is 10.7. The lowest BCUT2D eigenvalue weighted by molar-refractivity contribution is 0.257. The van der Waals surface area contributed by atoms with Crippen molar-refractivity contribution in [2.75, 3.05) is 13.7 Å². The van der Waals surface area contributed by atoms with Crippen LogP contribution in [0.4, 0.5) is 0 Å². The second kappa shape index (κ2) is 6.57. The molecule has 2 rings (SSSR count). The molecule has 0 fully saturated rings. The number of benzene rings is 1. The third-order valence-electron chi connectivity index (χ3n) is 2.66. The molecule has 1 aromatic heterocycles. The first kappa shape index (κ1) is 14.6. The van der Waals surface area contributed by atoms with Crippen molar-refractivity contribution in [3.63, 3.8) is 0 Å². The zero-order chi connectivity index (χ0) is 14.5. The van der Waals surface area contributed by atoms with E-state index in [0.29, 0.717) is 29.2 Å². The van der Waals surface area contributed by atoms with Gasteiger partial charge in [0.15, 0.2) is 16.7 Å². The highest BCUT2D eigenvalue weighted by Crippen LogP contribution is 2.32. The SMILES string of the molecule is COc1ccc(-c2ccc(Cl)nn2)cc1OCC(C)C. The Morgan fingerprint density at radius 1 is 1.10 bits per heavy atom. The molecule has 0 spiro atoms. The van der Waals surface area contributed by atoms with E-state index in [1.807, 2.05) is 24.3 Å². The van der Waals surface area contributed by atoms with Crippen LogP contribution in [0.25, 0.3) is 11.3 Å². The number of hydrogen-bond donors (Lipinski definition) is 0. The summed E-state index contributed by atoms with van der Waals surface area (Å²) in [6, 6.07) is 9.21. The fraction of sp³-hybridized carbons (Fsp3) is 0.333. The summed E-state index contributed by atoms with van der Waals surface area (Å²) in [5, 5.41) is 8.28. The van der Waals surface area contributed by atoms with Gasteiger partial charge in [0, 0.05) is 5.56 Å². The minimum absolute atomic E-state index is 0.374. The fourth-order valence-electron chi connectivity index (χ4n) is 1.68. The summed E-state index contributed by atoms with van der Waals surface area (Å²) in [6.45, 7) is 4.83. The van der Waals surface area contributed by atoms with Crippen LogP contribution in [0, 0.1) is 5.92 Å². The molecule has 2 aromatic rings. The minimum atomic E-state index is 0.374. The molecular formula is C15H17ClN2O2. The van der Waals surface area contributed by atoms with Crippen LogP contribution in [0.3, 0.4) is 0 Å². The average molecular weight is 293 g/mol. The first-order chi connectivity index (χ1) is 9.60. The molecule has 106 valence electrons. The van der Waals surface area contributed by atoms with Gasteiger partial charge in [-0.05, 0) is 36.2 Å². The van der Waals surface area contributed by atoms with Crippen LogP contribution in [0.2, 0.25) is 5.15 Å². The molecule has 0 amide bonds. The van der Waals surface area contributed by atoms with E-state index in [0.717, 1.165) is 11.3 Å². The molecule has 0 bridgehead atoms. The Kier molecular flexibility index (Phi) is 4.79. The quantitative estimate of drug-likeness (QED) is 0.840. The van der Waals surface area contributed by atoms with Gasteiger partial charge in [-0.3, -0.25) is 0 Å². The van der Waals surface area contributed by atoms with Gasteiger partial charge in [-0.15, -0.1) is 10.2 Å². The Bertz CT molecular complexity index is 571. The van der Waals surface area contributed by atoms with E-state index in [9.17, 15) is 0 Å². The second-order valence-corrected chi connectivity index (χ2v) is 5.20. The van der Waals surface area contributed by atoms with E-state index < -0.39 is 0 Å². The maximum Gasteiger partial charge on any atom is 0.161 e. The largest absolute Gasteiger partial charge is 0.493 e. The third kappa shape index (κ3) is 3.61. The molecule has 0 saturated carbocycles. The van der Waals surface area contributed by atoms with Crippen LogP contribution in [0.1, 0.15) is 13.8 Å². The molecule has 0 atom stereocenters. The number of methoxy groups -OCH3 is 1. The summed E-state index contributed by atoms with van der Waals surface area (Å²) in [7, 11) is 1.62. The van der Waals surface area contributed by atoms with Crippen molar-refractivity contribution in [3.05, 3.63) is 35.5 Å². The molecule has 20 heavy (non-hydrogen) atoms. The molecule has 0 saturated heterocycles. The number of aromatic nitrogens is 2. The molecule has 0 radical (unpaired) electrons. The van der Waals surface area contributed by atoms with E-state index in [1.165, 1.54) is 0 Å². The predicted molar refractivity (Wildman–Crippen MR) is 79.4 cm³/mol. The Balaban J connectivity index is 2.31. The van der Waals surface area contributed by atoms with Crippen LogP contribution in [-0.2, 0) is 0 Å². The monoisotopic (exact) mass is 292 g/mol. The average Bonchev–Trinajstić information content (AvgIpc) is 2.45. The lowest BCUT2D eigenvalue weighted by atomic mass is 10.1. The van der Waals surface area contributed by atoms with Crippen molar-refractivity contribution in [1.29, 1.82) is 0 Å². The van der Waals surface area contributed by atoms with E-state index in [1.54, 1.807) is 13.2 Å². The molecule has 0 aliphatic carbocycles. The van der Waals surface area contributed by atoms with Gasteiger partial charge < -0.3 is 9.47 Å². The maximum absolute atomic E-state index is 5.78. The summed E-state index contributed by atoms with van der Waals surface area (Å²) in [4.78, 5) is 0. The summed E-state index contributed by atoms with van der Waals surface area (Å²) in [5.41, 5.74) is 1.65. The Labute approximate surface area is 123 Å². The molecule has 4 nitrogen and oxygen atoms in total.